The second kappa shape index (κ2) is 5.98. The molecule has 0 amide bonds. The van der Waals surface area contributed by atoms with Crippen molar-refractivity contribution in [1.29, 1.82) is 0 Å². The van der Waals surface area contributed by atoms with Crippen molar-refractivity contribution in [2.45, 2.75) is 26.4 Å². The summed E-state index contributed by atoms with van der Waals surface area (Å²) in [5.41, 5.74) is 6.25. The van der Waals surface area contributed by atoms with E-state index in [1.165, 1.54) is 0 Å². The molecule has 0 aromatic carbocycles. The van der Waals surface area contributed by atoms with Crippen molar-refractivity contribution in [3.63, 3.8) is 0 Å². The van der Waals surface area contributed by atoms with Gasteiger partial charge < -0.3 is 10.5 Å². The lowest BCUT2D eigenvalue weighted by atomic mass is 10.2. The van der Waals surface area contributed by atoms with Gasteiger partial charge in [0.25, 0.3) is 0 Å². The van der Waals surface area contributed by atoms with Gasteiger partial charge in [-0.1, -0.05) is 12.2 Å². The van der Waals surface area contributed by atoms with Crippen molar-refractivity contribution < 1.29 is 4.74 Å². The molecular weight excluding hydrogens is 138 g/mol. The van der Waals surface area contributed by atoms with Gasteiger partial charge in [0.1, 0.15) is 0 Å². The predicted molar refractivity (Wildman–Crippen MR) is 48.2 cm³/mol. The van der Waals surface area contributed by atoms with Crippen LogP contribution in [0.2, 0.25) is 0 Å². The van der Waals surface area contributed by atoms with Gasteiger partial charge in [0, 0.05) is 12.8 Å². The van der Waals surface area contributed by atoms with Gasteiger partial charge in [0.05, 0.1) is 6.10 Å². The van der Waals surface area contributed by atoms with Crippen LogP contribution in [0.1, 0.15) is 20.3 Å². The SMILES string of the molecule is COC(C)C/C=C\C=C(/C)N. The van der Waals surface area contributed by atoms with Gasteiger partial charge in [-0.3, -0.25) is 0 Å². The van der Waals surface area contributed by atoms with Crippen molar-refractivity contribution >= 4 is 0 Å². The summed E-state index contributed by atoms with van der Waals surface area (Å²) in [6, 6.07) is 0. The minimum Gasteiger partial charge on any atom is -0.402 e. The minimum absolute atomic E-state index is 0.290. The lowest BCUT2D eigenvalue weighted by Crippen LogP contribution is -2.01. The molecule has 0 saturated carbocycles. The van der Waals surface area contributed by atoms with Gasteiger partial charge in [-0.25, -0.2) is 0 Å². The van der Waals surface area contributed by atoms with E-state index in [2.05, 4.69) is 0 Å². The molecule has 0 rings (SSSR count). The maximum atomic E-state index is 5.42. The first kappa shape index (κ1) is 10.2. The van der Waals surface area contributed by atoms with Gasteiger partial charge in [0.15, 0.2) is 0 Å². The van der Waals surface area contributed by atoms with Crippen LogP contribution < -0.4 is 5.73 Å². The van der Waals surface area contributed by atoms with E-state index in [0.717, 1.165) is 12.1 Å². The van der Waals surface area contributed by atoms with Crippen LogP contribution in [0.5, 0.6) is 0 Å². The zero-order chi connectivity index (χ0) is 8.69. The predicted octanol–water partition coefficient (Wildman–Crippen LogP) is 1.83. The maximum absolute atomic E-state index is 5.42. The van der Waals surface area contributed by atoms with E-state index in [0.29, 0.717) is 0 Å². The Morgan fingerprint density at radius 2 is 2.27 bits per heavy atom. The van der Waals surface area contributed by atoms with Crippen LogP contribution in [-0.4, -0.2) is 13.2 Å². The highest BCUT2D eigenvalue weighted by molar-refractivity contribution is 5.07. The largest absolute Gasteiger partial charge is 0.402 e. The molecule has 0 spiro atoms. The lowest BCUT2D eigenvalue weighted by Gasteiger charge is -2.03. The average Bonchev–Trinajstić information content (AvgIpc) is 1.97. The Hall–Kier alpha value is -0.760. The molecule has 11 heavy (non-hydrogen) atoms. The van der Waals surface area contributed by atoms with E-state index in [1.54, 1.807) is 7.11 Å². The normalized spacial score (nSPS) is 15.7. The summed E-state index contributed by atoms with van der Waals surface area (Å²) < 4.78 is 5.05. The van der Waals surface area contributed by atoms with E-state index in [4.69, 9.17) is 10.5 Å². The van der Waals surface area contributed by atoms with Gasteiger partial charge in [0.2, 0.25) is 0 Å². The van der Waals surface area contributed by atoms with Crippen LogP contribution >= 0.6 is 0 Å². The number of hydrogen-bond donors (Lipinski definition) is 1. The maximum Gasteiger partial charge on any atom is 0.0577 e. The van der Waals surface area contributed by atoms with Crippen LogP contribution in [0.3, 0.4) is 0 Å². The third-order valence-corrected chi connectivity index (χ3v) is 1.37. The highest BCUT2D eigenvalue weighted by atomic mass is 16.5. The van der Waals surface area contributed by atoms with E-state index in [9.17, 15) is 0 Å². The van der Waals surface area contributed by atoms with Gasteiger partial charge >= 0.3 is 0 Å². The number of methoxy groups -OCH3 is 1. The molecule has 1 atom stereocenters. The molecule has 2 nitrogen and oxygen atoms in total. The van der Waals surface area contributed by atoms with E-state index >= 15 is 0 Å². The number of nitrogens with two attached hydrogens (primary N) is 1. The molecular formula is C9H17NO. The lowest BCUT2D eigenvalue weighted by molar-refractivity contribution is 0.121. The molecule has 0 aromatic heterocycles. The van der Waals surface area contributed by atoms with E-state index in [1.807, 2.05) is 32.1 Å². The van der Waals surface area contributed by atoms with Crippen molar-refractivity contribution in [2.75, 3.05) is 7.11 Å². The van der Waals surface area contributed by atoms with Crippen molar-refractivity contribution in [2.24, 2.45) is 5.73 Å². The summed E-state index contributed by atoms with van der Waals surface area (Å²) in [5, 5.41) is 0. The Morgan fingerprint density at radius 3 is 2.73 bits per heavy atom. The molecule has 0 bridgehead atoms. The highest BCUT2D eigenvalue weighted by Crippen LogP contribution is 1.96. The first-order valence-corrected chi connectivity index (χ1v) is 3.78. The molecule has 0 aliphatic carbocycles. The van der Waals surface area contributed by atoms with Crippen molar-refractivity contribution in [1.82, 2.24) is 0 Å². The van der Waals surface area contributed by atoms with Gasteiger partial charge in [-0.05, 0) is 26.3 Å². The second-order valence-corrected chi connectivity index (χ2v) is 2.62. The molecule has 0 aliphatic rings. The van der Waals surface area contributed by atoms with Crippen molar-refractivity contribution in [3.8, 4) is 0 Å². The summed E-state index contributed by atoms with van der Waals surface area (Å²) in [5.74, 6) is 0. The fourth-order valence-corrected chi connectivity index (χ4v) is 0.586. The third kappa shape index (κ3) is 7.13. The topological polar surface area (TPSA) is 35.2 Å². The molecule has 0 radical (unpaired) electrons. The monoisotopic (exact) mass is 155 g/mol. The minimum atomic E-state index is 0.290. The first-order chi connectivity index (χ1) is 5.16. The van der Waals surface area contributed by atoms with Crippen LogP contribution in [0, 0.1) is 0 Å². The number of rotatable bonds is 4. The molecule has 0 saturated heterocycles. The highest BCUT2D eigenvalue weighted by Gasteiger charge is 1.92. The summed E-state index contributed by atoms with van der Waals surface area (Å²) in [4.78, 5) is 0. The number of ether oxygens (including phenoxy) is 1. The smallest absolute Gasteiger partial charge is 0.0577 e. The molecule has 0 aliphatic heterocycles. The molecule has 0 fully saturated rings. The quantitative estimate of drug-likeness (QED) is 0.629. The number of hydrogen-bond acceptors (Lipinski definition) is 2. The Labute approximate surface area is 68.7 Å². The Morgan fingerprint density at radius 1 is 1.64 bits per heavy atom. The third-order valence-electron chi connectivity index (χ3n) is 1.37. The van der Waals surface area contributed by atoms with Crippen LogP contribution in [-0.2, 0) is 4.74 Å². The Bertz CT molecular complexity index is 146. The molecule has 0 aromatic rings. The standard InChI is InChI=1S/C9H17NO/c1-8(10)6-4-5-7-9(2)11-3/h4-6,9H,7,10H2,1-3H3/b5-4-,8-6+. The molecule has 64 valence electrons. The summed E-state index contributed by atoms with van der Waals surface area (Å²) in [6.07, 6.45) is 7.09. The zero-order valence-electron chi connectivity index (χ0n) is 7.50. The fourth-order valence-electron chi connectivity index (χ4n) is 0.586. The molecule has 1 unspecified atom stereocenters. The fraction of sp³-hybridized carbons (Fsp3) is 0.556. The second-order valence-electron chi connectivity index (χ2n) is 2.62. The van der Waals surface area contributed by atoms with Gasteiger partial charge in [-0.15, -0.1) is 0 Å². The molecule has 2 heteroatoms. The first-order valence-electron chi connectivity index (χ1n) is 3.78. The van der Waals surface area contributed by atoms with E-state index < -0.39 is 0 Å². The number of allylic oxidation sites excluding steroid dienone is 3. The zero-order valence-corrected chi connectivity index (χ0v) is 7.50. The Balaban J connectivity index is 3.52. The molecule has 0 heterocycles. The van der Waals surface area contributed by atoms with Gasteiger partial charge in [-0.2, -0.15) is 0 Å². The summed E-state index contributed by atoms with van der Waals surface area (Å²) >= 11 is 0. The van der Waals surface area contributed by atoms with Crippen LogP contribution in [0.15, 0.2) is 23.9 Å². The summed E-state index contributed by atoms with van der Waals surface area (Å²) in [6.45, 7) is 3.90. The summed E-state index contributed by atoms with van der Waals surface area (Å²) in [7, 11) is 1.71. The average molecular weight is 155 g/mol. The Kier molecular flexibility index (Phi) is 5.57. The van der Waals surface area contributed by atoms with Crippen LogP contribution in [0.4, 0.5) is 0 Å². The molecule has 2 N–H and O–H groups in total. The van der Waals surface area contributed by atoms with Crippen LogP contribution in [0.25, 0.3) is 0 Å². The van der Waals surface area contributed by atoms with Crippen molar-refractivity contribution in [3.05, 3.63) is 23.9 Å². The van der Waals surface area contributed by atoms with E-state index in [-0.39, 0.29) is 6.10 Å².